The molecule has 1 fully saturated rings. The molecule has 8 rings (SSSR count). The second kappa shape index (κ2) is 8.82. The molecule has 3 unspecified atom stereocenters. The van der Waals surface area contributed by atoms with Gasteiger partial charge in [0, 0.05) is 46.4 Å². The summed E-state index contributed by atoms with van der Waals surface area (Å²) in [6, 6.07) is 10.2. The fourth-order valence-electron chi connectivity index (χ4n) is 6.15. The number of nitrogens with zero attached hydrogens (tertiary/aromatic N) is 6. The second-order valence-corrected chi connectivity index (χ2v) is 11.4. The number of benzene rings is 1. The van der Waals surface area contributed by atoms with Crippen LogP contribution in [0.1, 0.15) is 41.9 Å². The van der Waals surface area contributed by atoms with Crippen LogP contribution in [-0.2, 0) is 11.2 Å². The number of hydrogen-bond acceptors (Lipinski definition) is 6. The third-order valence-electron chi connectivity index (χ3n) is 8.08. The first-order chi connectivity index (χ1) is 19.8. The Morgan fingerprint density at radius 2 is 1.93 bits per heavy atom. The molecule has 5 aromatic rings. The zero-order chi connectivity index (χ0) is 28.0. The van der Waals surface area contributed by atoms with Crippen LogP contribution >= 0.6 is 23.2 Å². The summed E-state index contributed by atoms with van der Waals surface area (Å²) in [6.07, 6.45) is 4.84. The van der Waals surface area contributed by atoms with E-state index in [9.17, 15) is 9.59 Å². The van der Waals surface area contributed by atoms with E-state index in [1.807, 2.05) is 12.1 Å². The minimum Gasteiger partial charge on any atom is -0.338 e. The van der Waals surface area contributed by atoms with Gasteiger partial charge in [-0.2, -0.15) is 4.39 Å². The van der Waals surface area contributed by atoms with Crippen molar-refractivity contribution in [1.82, 2.24) is 34.5 Å². The lowest BCUT2D eigenvalue weighted by Crippen LogP contribution is -2.26. The number of aromatic nitrogens is 7. The Morgan fingerprint density at radius 3 is 2.76 bits per heavy atom. The Kier molecular flexibility index (Phi) is 5.26. The average molecular weight is 589 g/mol. The first-order valence-corrected chi connectivity index (χ1v) is 13.8. The average Bonchev–Trinajstić information content (AvgIpc) is 3.27. The van der Waals surface area contributed by atoms with E-state index < -0.39 is 12.0 Å². The SMILES string of the molecule is O=C1CCc2cc(-c3[nH]c(C4C5CC5c5cc(-c6cc(Cl)ccc6-n6cc(Cl)nn6)cc(=O)n54)nc3F)cnc2N1. The molecule has 1 amide bonds. The highest BCUT2D eigenvalue weighted by Gasteiger charge is 2.54. The second-order valence-electron chi connectivity index (χ2n) is 10.5. The van der Waals surface area contributed by atoms with E-state index in [4.69, 9.17) is 23.2 Å². The molecule has 1 aromatic carbocycles. The molecule has 204 valence electrons. The monoisotopic (exact) mass is 588 g/mol. The summed E-state index contributed by atoms with van der Waals surface area (Å²) < 4.78 is 18.5. The standard InChI is InChI=1S/C28H19Cl2FN8O2/c29-15-2-3-19(38-11-21(30)36-37-38)16(8-15)13-6-20-17-9-18(17)25(39(20)23(41)7-13)28-34-24(26(31)35-28)14-5-12-1-4-22(40)33-27(12)32-10-14/h2-3,5-8,10-11,17-18,25H,1,4,9H2,(H,34,35)(H,32,33,40). The first-order valence-electron chi connectivity index (χ1n) is 13.0. The van der Waals surface area contributed by atoms with Gasteiger partial charge >= 0.3 is 0 Å². The number of carbonyl (C=O) groups excluding carboxylic acids is 1. The maximum atomic E-state index is 15.2. The number of fused-ring (bicyclic) bond motifs is 4. The van der Waals surface area contributed by atoms with Gasteiger partial charge in [0.25, 0.3) is 5.56 Å². The number of halogens is 3. The number of pyridine rings is 2. The zero-order valence-corrected chi connectivity index (χ0v) is 22.6. The van der Waals surface area contributed by atoms with Gasteiger partial charge in [0.15, 0.2) is 5.15 Å². The molecule has 0 spiro atoms. The molecule has 13 heteroatoms. The number of H-pyrrole nitrogens is 1. The van der Waals surface area contributed by atoms with Crippen molar-refractivity contribution < 1.29 is 9.18 Å². The number of aromatic amines is 1. The van der Waals surface area contributed by atoms with E-state index in [1.165, 1.54) is 10.9 Å². The number of anilines is 1. The summed E-state index contributed by atoms with van der Waals surface area (Å²) in [4.78, 5) is 37.0. The van der Waals surface area contributed by atoms with Crippen molar-refractivity contribution in [3.8, 4) is 28.1 Å². The van der Waals surface area contributed by atoms with E-state index in [2.05, 4.69) is 30.6 Å². The summed E-state index contributed by atoms with van der Waals surface area (Å²) in [6.45, 7) is 0. The Balaban J connectivity index is 1.19. The Bertz CT molecular complexity index is 1980. The molecule has 3 atom stereocenters. The van der Waals surface area contributed by atoms with Crippen molar-refractivity contribution in [2.45, 2.75) is 31.2 Å². The van der Waals surface area contributed by atoms with Gasteiger partial charge < -0.3 is 14.9 Å². The fourth-order valence-corrected chi connectivity index (χ4v) is 6.45. The van der Waals surface area contributed by atoms with Crippen molar-refractivity contribution >= 4 is 34.9 Å². The van der Waals surface area contributed by atoms with Crippen LogP contribution in [0.15, 0.2) is 53.6 Å². The molecule has 3 aliphatic rings. The molecule has 0 radical (unpaired) electrons. The van der Waals surface area contributed by atoms with Crippen LogP contribution < -0.4 is 10.9 Å². The van der Waals surface area contributed by atoms with Crippen molar-refractivity contribution in [2.24, 2.45) is 5.92 Å². The number of nitrogens with one attached hydrogen (secondary N) is 2. The topological polar surface area (TPSA) is 123 Å². The van der Waals surface area contributed by atoms with Gasteiger partial charge in [0.2, 0.25) is 11.9 Å². The number of imidazole rings is 1. The van der Waals surface area contributed by atoms with Gasteiger partial charge in [-0.25, -0.2) is 14.6 Å². The van der Waals surface area contributed by atoms with Gasteiger partial charge in [-0.15, -0.1) is 5.10 Å². The fraction of sp³-hybridized carbons (Fsp3) is 0.214. The zero-order valence-electron chi connectivity index (χ0n) is 21.1. The predicted octanol–water partition coefficient (Wildman–Crippen LogP) is 4.92. The minimum absolute atomic E-state index is 0.0883. The number of hydrogen-bond donors (Lipinski definition) is 2. The molecule has 1 saturated carbocycles. The molecule has 10 nitrogen and oxygen atoms in total. The molecule has 41 heavy (non-hydrogen) atoms. The van der Waals surface area contributed by atoms with E-state index >= 15 is 4.39 Å². The Hall–Kier alpha value is -4.35. The highest BCUT2D eigenvalue weighted by atomic mass is 35.5. The van der Waals surface area contributed by atoms with E-state index in [0.29, 0.717) is 51.9 Å². The van der Waals surface area contributed by atoms with Gasteiger partial charge in [-0.05, 0) is 60.2 Å². The molecular weight excluding hydrogens is 570 g/mol. The smallest absolute Gasteiger partial charge is 0.252 e. The molecule has 0 saturated heterocycles. The summed E-state index contributed by atoms with van der Waals surface area (Å²) >= 11 is 12.3. The van der Waals surface area contributed by atoms with E-state index in [1.54, 1.807) is 35.0 Å². The van der Waals surface area contributed by atoms with Crippen LogP contribution in [0.4, 0.5) is 10.2 Å². The molecule has 0 bridgehead atoms. The van der Waals surface area contributed by atoms with Crippen LogP contribution in [-0.4, -0.2) is 40.4 Å². The lowest BCUT2D eigenvalue weighted by molar-refractivity contribution is -0.116. The lowest BCUT2D eigenvalue weighted by Gasteiger charge is -2.18. The lowest BCUT2D eigenvalue weighted by atomic mass is 10.0. The Morgan fingerprint density at radius 1 is 1.05 bits per heavy atom. The van der Waals surface area contributed by atoms with Crippen LogP contribution in [0.3, 0.4) is 0 Å². The van der Waals surface area contributed by atoms with Gasteiger partial charge in [0.1, 0.15) is 17.3 Å². The molecule has 1 aliphatic carbocycles. The van der Waals surface area contributed by atoms with Crippen LogP contribution in [0.25, 0.3) is 28.1 Å². The summed E-state index contributed by atoms with van der Waals surface area (Å²) in [5.74, 6) is 0.419. The third-order valence-corrected chi connectivity index (χ3v) is 8.48. The summed E-state index contributed by atoms with van der Waals surface area (Å²) in [7, 11) is 0. The maximum Gasteiger partial charge on any atom is 0.252 e. The molecule has 4 aromatic heterocycles. The van der Waals surface area contributed by atoms with Crippen molar-refractivity contribution in [3.63, 3.8) is 0 Å². The normalized spacial score (nSPS) is 20.4. The van der Waals surface area contributed by atoms with Crippen LogP contribution in [0.5, 0.6) is 0 Å². The van der Waals surface area contributed by atoms with Gasteiger partial charge in [0.05, 0.1) is 17.9 Å². The summed E-state index contributed by atoms with van der Waals surface area (Å²) in [5.41, 5.74) is 4.30. The quantitative estimate of drug-likeness (QED) is 0.307. The minimum atomic E-state index is -0.660. The third kappa shape index (κ3) is 3.91. The van der Waals surface area contributed by atoms with Gasteiger partial charge in [-0.3, -0.25) is 9.59 Å². The first kappa shape index (κ1) is 24.4. The largest absolute Gasteiger partial charge is 0.338 e. The van der Waals surface area contributed by atoms with Crippen LogP contribution in [0.2, 0.25) is 10.2 Å². The van der Waals surface area contributed by atoms with Gasteiger partial charge in [-0.1, -0.05) is 28.4 Å². The van der Waals surface area contributed by atoms with Crippen LogP contribution in [0, 0.1) is 11.9 Å². The van der Waals surface area contributed by atoms with Crippen molar-refractivity contribution in [1.29, 1.82) is 0 Å². The molecule has 2 N–H and O–H groups in total. The maximum absolute atomic E-state index is 15.2. The number of rotatable bonds is 4. The molecular formula is C28H19Cl2FN8O2. The summed E-state index contributed by atoms with van der Waals surface area (Å²) in [5, 5.41) is 11.4. The highest BCUT2D eigenvalue weighted by Crippen LogP contribution is 2.60. The van der Waals surface area contributed by atoms with E-state index in [0.717, 1.165) is 17.7 Å². The Labute approximate surface area is 241 Å². The van der Waals surface area contributed by atoms with Crippen molar-refractivity contribution in [2.75, 3.05) is 5.32 Å². The number of amides is 1. The highest BCUT2D eigenvalue weighted by molar-refractivity contribution is 6.31. The molecule has 6 heterocycles. The number of aryl methyl sites for hydroxylation is 1. The molecule has 2 aliphatic heterocycles. The predicted molar refractivity (Wildman–Crippen MR) is 149 cm³/mol. The van der Waals surface area contributed by atoms with E-state index in [-0.39, 0.29) is 34.1 Å². The number of carbonyl (C=O) groups is 1. The van der Waals surface area contributed by atoms with Crippen molar-refractivity contribution in [3.05, 3.63) is 92.4 Å².